The van der Waals surface area contributed by atoms with E-state index in [1.807, 2.05) is 0 Å². The van der Waals surface area contributed by atoms with Gasteiger partial charge in [-0.15, -0.1) is 0 Å². The third-order valence-electron chi connectivity index (χ3n) is 5.36. The van der Waals surface area contributed by atoms with Crippen LogP contribution in [-0.4, -0.2) is 63.2 Å². The molecule has 172 valence electrons. The van der Waals surface area contributed by atoms with Gasteiger partial charge < -0.3 is 15.0 Å². The first-order valence-corrected chi connectivity index (χ1v) is 12.0. The molecule has 2 aromatic carbocycles. The molecule has 1 aliphatic rings. The smallest absolute Gasteiger partial charge is 0.254 e. The Morgan fingerprint density at radius 2 is 1.72 bits per heavy atom. The van der Waals surface area contributed by atoms with E-state index in [0.717, 1.165) is 25.7 Å². The molecule has 0 aromatic heterocycles. The van der Waals surface area contributed by atoms with Gasteiger partial charge in [-0.05, 0) is 43.2 Å². The van der Waals surface area contributed by atoms with Crippen LogP contribution in [0, 0.1) is 0 Å². The summed E-state index contributed by atoms with van der Waals surface area (Å²) >= 11 is 0. The van der Waals surface area contributed by atoms with Crippen molar-refractivity contribution < 1.29 is 22.7 Å². The summed E-state index contributed by atoms with van der Waals surface area (Å²) in [7, 11) is -0.626. The lowest BCUT2D eigenvalue weighted by molar-refractivity contribution is -0.116. The van der Waals surface area contributed by atoms with Crippen LogP contribution in [0.2, 0.25) is 0 Å². The van der Waals surface area contributed by atoms with Gasteiger partial charge in [0.25, 0.3) is 5.91 Å². The summed E-state index contributed by atoms with van der Waals surface area (Å²) in [5.41, 5.74) is 0.776. The Hall–Kier alpha value is -2.91. The Morgan fingerprint density at radius 3 is 2.41 bits per heavy atom. The van der Waals surface area contributed by atoms with Crippen LogP contribution in [0.1, 0.15) is 36.0 Å². The predicted molar refractivity (Wildman–Crippen MR) is 122 cm³/mol. The van der Waals surface area contributed by atoms with Gasteiger partial charge >= 0.3 is 0 Å². The first kappa shape index (κ1) is 23.7. The second-order valence-corrected chi connectivity index (χ2v) is 9.73. The molecule has 8 nitrogen and oxygen atoms in total. The second kappa shape index (κ2) is 10.6. The van der Waals surface area contributed by atoms with Gasteiger partial charge in [-0.1, -0.05) is 25.0 Å². The fourth-order valence-electron chi connectivity index (χ4n) is 3.63. The molecule has 1 saturated heterocycles. The van der Waals surface area contributed by atoms with Crippen LogP contribution >= 0.6 is 0 Å². The molecular formula is C23H29N3O5S. The zero-order valence-electron chi connectivity index (χ0n) is 18.4. The molecule has 1 aliphatic heterocycles. The number of methoxy groups -OCH3 is 1. The maximum atomic E-state index is 13.0. The lowest BCUT2D eigenvalue weighted by Crippen LogP contribution is -2.35. The van der Waals surface area contributed by atoms with E-state index < -0.39 is 15.9 Å². The van der Waals surface area contributed by atoms with Gasteiger partial charge in [0, 0.05) is 37.5 Å². The Labute approximate surface area is 189 Å². The van der Waals surface area contributed by atoms with Crippen molar-refractivity contribution in [1.82, 2.24) is 9.21 Å². The first-order chi connectivity index (χ1) is 15.3. The quantitative estimate of drug-likeness (QED) is 0.687. The highest BCUT2D eigenvalue weighted by molar-refractivity contribution is 7.89. The molecule has 0 aliphatic carbocycles. The van der Waals surface area contributed by atoms with Gasteiger partial charge in [-0.25, -0.2) is 8.42 Å². The number of anilines is 1. The SMILES string of the molecule is COc1cccc(NC(=O)CN(C)C(=O)c2cccc(S(=O)(=O)N3CCCCCC3)c2)c1. The number of ether oxygens (including phenoxy) is 1. The predicted octanol–water partition coefficient (Wildman–Crippen LogP) is 2.97. The Bertz CT molecular complexity index is 1060. The van der Waals surface area contributed by atoms with E-state index in [9.17, 15) is 18.0 Å². The summed E-state index contributed by atoms with van der Waals surface area (Å²) in [6.45, 7) is 0.800. The molecule has 0 bridgehead atoms. The average molecular weight is 460 g/mol. The summed E-state index contributed by atoms with van der Waals surface area (Å²) in [6.07, 6.45) is 3.71. The molecule has 3 rings (SSSR count). The van der Waals surface area contributed by atoms with Gasteiger partial charge in [-0.2, -0.15) is 4.31 Å². The highest BCUT2D eigenvalue weighted by Crippen LogP contribution is 2.22. The van der Waals surface area contributed by atoms with Gasteiger partial charge in [0.2, 0.25) is 15.9 Å². The summed E-state index contributed by atoms with van der Waals surface area (Å²) in [5.74, 6) is -0.198. The van der Waals surface area contributed by atoms with E-state index in [-0.39, 0.29) is 22.9 Å². The summed E-state index contributed by atoms with van der Waals surface area (Å²) in [4.78, 5) is 26.6. The Morgan fingerprint density at radius 1 is 1.03 bits per heavy atom. The number of sulfonamides is 1. The Balaban J connectivity index is 1.68. The van der Waals surface area contributed by atoms with Crippen molar-refractivity contribution in [2.45, 2.75) is 30.6 Å². The molecule has 1 heterocycles. The third kappa shape index (κ3) is 5.86. The largest absolute Gasteiger partial charge is 0.497 e. The molecule has 0 atom stereocenters. The standard InChI is InChI=1S/C23H29N3O5S/c1-25(17-22(27)24-19-10-8-11-20(16-19)31-2)23(28)18-9-7-12-21(15-18)32(29,30)26-13-5-3-4-6-14-26/h7-12,15-16H,3-6,13-14,17H2,1-2H3,(H,24,27). The maximum Gasteiger partial charge on any atom is 0.254 e. The van der Waals surface area contributed by atoms with Crippen LogP contribution in [-0.2, 0) is 14.8 Å². The molecule has 1 N–H and O–H groups in total. The topological polar surface area (TPSA) is 96.0 Å². The molecule has 32 heavy (non-hydrogen) atoms. The molecule has 9 heteroatoms. The van der Waals surface area contributed by atoms with E-state index in [0.29, 0.717) is 24.5 Å². The summed E-state index contributed by atoms with van der Waals surface area (Å²) in [6, 6.07) is 12.9. The molecule has 0 radical (unpaired) electrons. The number of carbonyl (C=O) groups excluding carboxylic acids is 2. The lowest BCUT2D eigenvalue weighted by atomic mass is 10.2. The number of amides is 2. The minimum Gasteiger partial charge on any atom is -0.497 e. The number of likely N-dealkylation sites (N-methyl/N-ethyl adjacent to an activating group) is 1. The minimum atomic E-state index is -3.67. The zero-order valence-corrected chi connectivity index (χ0v) is 19.2. The second-order valence-electron chi connectivity index (χ2n) is 7.79. The zero-order chi connectivity index (χ0) is 23.1. The number of nitrogens with zero attached hydrogens (tertiary/aromatic N) is 2. The molecule has 2 amide bonds. The molecule has 0 unspecified atom stereocenters. The van der Waals surface area contributed by atoms with Crippen LogP contribution in [0.4, 0.5) is 5.69 Å². The van der Waals surface area contributed by atoms with E-state index in [1.165, 1.54) is 35.5 Å². The van der Waals surface area contributed by atoms with Crippen LogP contribution in [0.3, 0.4) is 0 Å². The fraction of sp³-hybridized carbons (Fsp3) is 0.391. The van der Waals surface area contributed by atoms with Crippen molar-refractivity contribution in [2.24, 2.45) is 0 Å². The maximum absolute atomic E-state index is 13.0. The summed E-state index contributed by atoms with van der Waals surface area (Å²) in [5, 5.41) is 2.72. The average Bonchev–Trinajstić information content (AvgIpc) is 3.09. The van der Waals surface area contributed by atoms with Gasteiger partial charge in [0.15, 0.2) is 0 Å². The lowest BCUT2D eigenvalue weighted by Gasteiger charge is -2.21. The van der Waals surface area contributed by atoms with Crippen molar-refractivity contribution in [3.8, 4) is 5.75 Å². The molecule has 0 spiro atoms. The summed E-state index contributed by atoms with van der Waals surface area (Å²) < 4.78 is 32.7. The van der Waals surface area contributed by atoms with Crippen molar-refractivity contribution in [3.63, 3.8) is 0 Å². The van der Waals surface area contributed by atoms with Crippen molar-refractivity contribution in [1.29, 1.82) is 0 Å². The fourth-order valence-corrected chi connectivity index (χ4v) is 5.19. The minimum absolute atomic E-state index is 0.0967. The molecule has 0 saturated carbocycles. The highest BCUT2D eigenvalue weighted by atomic mass is 32.2. The normalized spacial score (nSPS) is 14.9. The van der Waals surface area contributed by atoms with Crippen molar-refractivity contribution >= 4 is 27.5 Å². The number of carbonyl (C=O) groups is 2. The van der Waals surface area contributed by atoms with E-state index in [2.05, 4.69) is 5.32 Å². The Kier molecular flexibility index (Phi) is 7.87. The highest BCUT2D eigenvalue weighted by Gasteiger charge is 2.26. The van der Waals surface area contributed by atoms with Crippen LogP contribution in [0.5, 0.6) is 5.75 Å². The number of benzene rings is 2. The number of hydrogen-bond acceptors (Lipinski definition) is 5. The monoisotopic (exact) mass is 459 g/mol. The van der Waals surface area contributed by atoms with Crippen LogP contribution in [0.25, 0.3) is 0 Å². The number of hydrogen-bond donors (Lipinski definition) is 1. The van der Waals surface area contributed by atoms with Gasteiger partial charge in [0.05, 0.1) is 18.6 Å². The van der Waals surface area contributed by atoms with Crippen LogP contribution in [0.15, 0.2) is 53.4 Å². The molecular weight excluding hydrogens is 430 g/mol. The van der Waals surface area contributed by atoms with Crippen molar-refractivity contribution in [2.75, 3.05) is 39.1 Å². The van der Waals surface area contributed by atoms with E-state index >= 15 is 0 Å². The molecule has 1 fully saturated rings. The third-order valence-corrected chi connectivity index (χ3v) is 7.26. The number of nitrogens with one attached hydrogen (secondary N) is 1. The first-order valence-electron chi connectivity index (χ1n) is 10.6. The van der Waals surface area contributed by atoms with Gasteiger partial charge in [0.1, 0.15) is 5.75 Å². The van der Waals surface area contributed by atoms with Gasteiger partial charge in [-0.3, -0.25) is 9.59 Å². The van der Waals surface area contributed by atoms with Crippen LogP contribution < -0.4 is 10.1 Å². The van der Waals surface area contributed by atoms with Crippen molar-refractivity contribution in [3.05, 3.63) is 54.1 Å². The van der Waals surface area contributed by atoms with E-state index in [1.54, 1.807) is 36.4 Å². The molecule has 2 aromatic rings. The van der Waals surface area contributed by atoms with E-state index in [4.69, 9.17) is 4.74 Å². The number of rotatable bonds is 7.